The molecule has 0 saturated carbocycles. The van der Waals surface area contributed by atoms with Crippen molar-refractivity contribution in [2.45, 2.75) is 25.8 Å². The summed E-state index contributed by atoms with van der Waals surface area (Å²) in [5.74, 6) is 0.00909. The van der Waals surface area contributed by atoms with Gasteiger partial charge in [-0.05, 0) is 19.8 Å². The number of anilines is 1. The van der Waals surface area contributed by atoms with Crippen molar-refractivity contribution >= 4 is 34.8 Å². The number of likely N-dealkylation sites (tertiary alicyclic amines) is 1. The monoisotopic (exact) mass is 290 g/mol. The van der Waals surface area contributed by atoms with Gasteiger partial charge in [0.05, 0.1) is 12.2 Å². The second-order valence-corrected chi connectivity index (χ2v) is 5.31. The fraction of sp³-hybridized carbons (Fsp3) is 0.636. The standard InChI is InChI=1S/C11H18N4OS.ClH/c1-8-7-17-11(13-8)14-10(16)6-15-4-2-9(12)3-5-15;/h7,9H,2-6,12H2,1H3,(H,13,14,16);1H. The molecule has 0 spiro atoms. The largest absolute Gasteiger partial charge is 0.328 e. The predicted molar refractivity (Wildman–Crippen MR) is 76.4 cm³/mol. The van der Waals surface area contributed by atoms with Crippen LogP contribution in [-0.4, -0.2) is 41.5 Å². The zero-order chi connectivity index (χ0) is 12.3. The van der Waals surface area contributed by atoms with Gasteiger partial charge in [-0.25, -0.2) is 4.98 Å². The van der Waals surface area contributed by atoms with Gasteiger partial charge < -0.3 is 11.1 Å². The highest BCUT2D eigenvalue weighted by Crippen LogP contribution is 2.14. The van der Waals surface area contributed by atoms with Gasteiger partial charge in [0, 0.05) is 24.5 Å². The van der Waals surface area contributed by atoms with Gasteiger partial charge in [0.1, 0.15) is 0 Å². The van der Waals surface area contributed by atoms with Crippen LogP contribution in [0, 0.1) is 6.92 Å². The molecule has 18 heavy (non-hydrogen) atoms. The molecule has 0 unspecified atom stereocenters. The Balaban J connectivity index is 0.00000162. The van der Waals surface area contributed by atoms with Crippen LogP contribution in [0.2, 0.25) is 0 Å². The lowest BCUT2D eigenvalue weighted by molar-refractivity contribution is -0.117. The van der Waals surface area contributed by atoms with E-state index in [2.05, 4.69) is 15.2 Å². The molecule has 5 nitrogen and oxygen atoms in total. The predicted octanol–water partition coefficient (Wildman–Crippen LogP) is 1.23. The number of thiazole rings is 1. The molecular formula is C11H19ClN4OS. The van der Waals surface area contributed by atoms with Gasteiger partial charge in [0.2, 0.25) is 5.91 Å². The van der Waals surface area contributed by atoms with Crippen molar-refractivity contribution in [1.29, 1.82) is 0 Å². The van der Waals surface area contributed by atoms with E-state index in [-0.39, 0.29) is 18.3 Å². The van der Waals surface area contributed by atoms with Crippen LogP contribution in [0.1, 0.15) is 18.5 Å². The number of hydrogen-bond donors (Lipinski definition) is 2. The molecule has 1 aliphatic heterocycles. The lowest BCUT2D eigenvalue weighted by atomic mass is 10.1. The number of nitrogens with zero attached hydrogens (tertiary/aromatic N) is 2. The molecule has 1 fully saturated rings. The molecule has 0 radical (unpaired) electrons. The Morgan fingerprint density at radius 1 is 1.61 bits per heavy atom. The van der Waals surface area contributed by atoms with Crippen LogP contribution in [0.5, 0.6) is 0 Å². The SMILES string of the molecule is Cc1csc(NC(=O)CN2CCC(N)CC2)n1.Cl. The van der Waals surface area contributed by atoms with Crippen molar-refractivity contribution in [3.05, 3.63) is 11.1 Å². The van der Waals surface area contributed by atoms with Crippen LogP contribution in [0.4, 0.5) is 5.13 Å². The minimum Gasteiger partial charge on any atom is -0.328 e. The Labute approximate surface area is 117 Å². The normalized spacial score (nSPS) is 17.2. The van der Waals surface area contributed by atoms with Gasteiger partial charge >= 0.3 is 0 Å². The summed E-state index contributed by atoms with van der Waals surface area (Å²) in [6, 6.07) is 0.302. The van der Waals surface area contributed by atoms with E-state index in [9.17, 15) is 4.79 Å². The molecule has 0 aromatic carbocycles. The number of hydrogen-bond acceptors (Lipinski definition) is 5. The highest BCUT2D eigenvalue weighted by molar-refractivity contribution is 7.13. The summed E-state index contributed by atoms with van der Waals surface area (Å²) in [7, 11) is 0. The molecule has 1 aromatic heterocycles. The Hall–Kier alpha value is -0.690. The number of rotatable bonds is 3. The van der Waals surface area contributed by atoms with Crippen molar-refractivity contribution in [3.63, 3.8) is 0 Å². The lowest BCUT2D eigenvalue weighted by Crippen LogP contribution is -2.43. The molecule has 7 heteroatoms. The van der Waals surface area contributed by atoms with Gasteiger partial charge in [-0.15, -0.1) is 23.7 Å². The fourth-order valence-electron chi connectivity index (χ4n) is 1.88. The first-order valence-corrected chi connectivity index (χ1v) is 6.71. The summed E-state index contributed by atoms with van der Waals surface area (Å²) in [6.45, 7) is 4.17. The van der Waals surface area contributed by atoms with Crippen LogP contribution in [-0.2, 0) is 4.79 Å². The number of nitrogens with one attached hydrogen (secondary N) is 1. The van der Waals surface area contributed by atoms with Crippen LogP contribution in [0.15, 0.2) is 5.38 Å². The molecule has 0 bridgehead atoms. The number of amides is 1. The van der Waals surface area contributed by atoms with Gasteiger partial charge in [-0.2, -0.15) is 0 Å². The highest BCUT2D eigenvalue weighted by atomic mass is 35.5. The Morgan fingerprint density at radius 2 is 2.28 bits per heavy atom. The summed E-state index contributed by atoms with van der Waals surface area (Å²) in [5, 5.41) is 5.42. The molecule has 1 aromatic rings. The maximum atomic E-state index is 11.8. The van der Waals surface area contributed by atoms with Crippen LogP contribution >= 0.6 is 23.7 Å². The van der Waals surface area contributed by atoms with E-state index >= 15 is 0 Å². The minimum absolute atomic E-state index is 0. The molecule has 2 heterocycles. The fourth-order valence-corrected chi connectivity index (χ4v) is 2.59. The second-order valence-electron chi connectivity index (χ2n) is 4.46. The van der Waals surface area contributed by atoms with Gasteiger partial charge in [0.15, 0.2) is 5.13 Å². The second kappa shape index (κ2) is 7.04. The zero-order valence-corrected chi connectivity index (χ0v) is 12.0. The average Bonchev–Trinajstić information content (AvgIpc) is 2.67. The Morgan fingerprint density at radius 3 is 2.83 bits per heavy atom. The average molecular weight is 291 g/mol. The van der Waals surface area contributed by atoms with E-state index < -0.39 is 0 Å². The first-order valence-electron chi connectivity index (χ1n) is 5.83. The van der Waals surface area contributed by atoms with Crippen molar-refractivity contribution in [3.8, 4) is 0 Å². The molecule has 1 aliphatic rings. The number of piperidine rings is 1. The highest BCUT2D eigenvalue weighted by Gasteiger charge is 2.18. The van der Waals surface area contributed by atoms with Gasteiger partial charge in [-0.1, -0.05) is 0 Å². The third kappa shape index (κ3) is 4.53. The van der Waals surface area contributed by atoms with E-state index in [4.69, 9.17) is 5.73 Å². The molecule has 0 atom stereocenters. The Bertz CT molecular complexity index is 390. The number of carbonyl (C=O) groups excluding carboxylic acids is 1. The molecule has 3 N–H and O–H groups in total. The summed E-state index contributed by atoms with van der Waals surface area (Å²) in [4.78, 5) is 18.1. The molecule has 1 saturated heterocycles. The number of halogens is 1. The maximum absolute atomic E-state index is 11.8. The van der Waals surface area contributed by atoms with Gasteiger partial charge in [-0.3, -0.25) is 9.69 Å². The summed E-state index contributed by atoms with van der Waals surface area (Å²) < 4.78 is 0. The van der Waals surface area contributed by atoms with Crippen LogP contribution < -0.4 is 11.1 Å². The molecular weight excluding hydrogens is 272 g/mol. The number of nitrogens with two attached hydrogens (primary N) is 1. The molecule has 1 amide bonds. The summed E-state index contributed by atoms with van der Waals surface area (Å²) >= 11 is 1.46. The van der Waals surface area contributed by atoms with Crippen molar-refractivity contribution < 1.29 is 4.79 Å². The minimum atomic E-state index is 0. The number of aryl methyl sites for hydroxylation is 1. The van der Waals surface area contributed by atoms with Crippen LogP contribution in [0.3, 0.4) is 0 Å². The first kappa shape index (κ1) is 15.4. The van der Waals surface area contributed by atoms with Gasteiger partial charge in [0.25, 0.3) is 0 Å². The van der Waals surface area contributed by atoms with E-state index in [1.807, 2.05) is 12.3 Å². The maximum Gasteiger partial charge on any atom is 0.240 e. The summed E-state index contributed by atoms with van der Waals surface area (Å²) in [5.41, 5.74) is 6.76. The lowest BCUT2D eigenvalue weighted by Gasteiger charge is -2.29. The van der Waals surface area contributed by atoms with Crippen LogP contribution in [0.25, 0.3) is 0 Å². The van der Waals surface area contributed by atoms with E-state index in [0.717, 1.165) is 31.6 Å². The zero-order valence-electron chi connectivity index (χ0n) is 10.4. The Kier molecular flexibility index (Phi) is 6.01. The number of aromatic nitrogens is 1. The molecule has 2 rings (SSSR count). The summed E-state index contributed by atoms with van der Waals surface area (Å²) in [6.07, 6.45) is 1.95. The number of carbonyl (C=O) groups is 1. The van der Waals surface area contributed by atoms with E-state index in [1.165, 1.54) is 11.3 Å². The third-order valence-electron chi connectivity index (χ3n) is 2.86. The van der Waals surface area contributed by atoms with Crippen molar-refractivity contribution in [2.24, 2.45) is 5.73 Å². The molecule has 0 aliphatic carbocycles. The van der Waals surface area contributed by atoms with E-state index in [0.29, 0.717) is 17.7 Å². The first-order chi connectivity index (χ1) is 8.13. The van der Waals surface area contributed by atoms with E-state index in [1.54, 1.807) is 0 Å². The third-order valence-corrected chi connectivity index (χ3v) is 3.74. The smallest absolute Gasteiger partial charge is 0.240 e. The van der Waals surface area contributed by atoms with Crippen molar-refractivity contribution in [2.75, 3.05) is 25.0 Å². The van der Waals surface area contributed by atoms with Crippen molar-refractivity contribution in [1.82, 2.24) is 9.88 Å². The molecule has 102 valence electrons. The topological polar surface area (TPSA) is 71.2 Å². The quantitative estimate of drug-likeness (QED) is 0.878.